The molecule has 0 spiro atoms. The molecule has 3 rings (SSSR count). The van der Waals surface area contributed by atoms with Gasteiger partial charge in [0.1, 0.15) is 6.10 Å². The predicted octanol–water partition coefficient (Wildman–Crippen LogP) is 1.61. The van der Waals surface area contributed by atoms with Gasteiger partial charge in [-0.15, -0.1) is 0 Å². The maximum Gasteiger partial charge on any atom is 0.251 e. The molecule has 0 aliphatic carbocycles. The Kier molecular flexibility index (Phi) is 6.31. The van der Waals surface area contributed by atoms with Crippen molar-refractivity contribution in [1.29, 1.82) is 0 Å². The van der Waals surface area contributed by atoms with Crippen LogP contribution in [-0.2, 0) is 9.53 Å². The van der Waals surface area contributed by atoms with Gasteiger partial charge in [0.25, 0.3) is 5.91 Å². The van der Waals surface area contributed by atoms with Crippen molar-refractivity contribution in [2.24, 2.45) is 11.7 Å². The number of likely N-dealkylation sites (tertiary alicyclic amines) is 2. The van der Waals surface area contributed by atoms with Gasteiger partial charge in [-0.2, -0.15) is 0 Å². The summed E-state index contributed by atoms with van der Waals surface area (Å²) in [6.07, 6.45) is 9.46. The first-order valence-electron chi connectivity index (χ1n) is 9.63. The SMILES string of the molecule is NC[C@H]1CC[C@@H](C(=O)N2CCCC(CN3CCCCCC3)C2)O1. The van der Waals surface area contributed by atoms with Crippen LogP contribution in [0, 0.1) is 5.92 Å². The Morgan fingerprint density at radius 2 is 1.78 bits per heavy atom. The second-order valence-corrected chi connectivity index (χ2v) is 7.57. The van der Waals surface area contributed by atoms with Crippen molar-refractivity contribution in [3.63, 3.8) is 0 Å². The molecule has 3 aliphatic heterocycles. The van der Waals surface area contributed by atoms with Gasteiger partial charge < -0.3 is 20.3 Å². The quantitative estimate of drug-likeness (QED) is 0.854. The smallest absolute Gasteiger partial charge is 0.251 e. The topological polar surface area (TPSA) is 58.8 Å². The minimum Gasteiger partial charge on any atom is -0.364 e. The molecule has 1 unspecified atom stereocenters. The first kappa shape index (κ1) is 17.2. The lowest BCUT2D eigenvalue weighted by molar-refractivity contribution is -0.144. The molecule has 2 N–H and O–H groups in total. The average Bonchev–Trinajstić information content (AvgIpc) is 2.92. The summed E-state index contributed by atoms with van der Waals surface area (Å²) >= 11 is 0. The van der Waals surface area contributed by atoms with Gasteiger partial charge in [-0.25, -0.2) is 0 Å². The zero-order valence-electron chi connectivity index (χ0n) is 14.4. The largest absolute Gasteiger partial charge is 0.364 e. The van der Waals surface area contributed by atoms with Crippen LogP contribution in [0.3, 0.4) is 0 Å². The van der Waals surface area contributed by atoms with E-state index in [1.807, 2.05) is 0 Å². The van der Waals surface area contributed by atoms with E-state index in [0.29, 0.717) is 12.5 Å². The molecule has 132 valence electrons. The molecule has 5 nitrogen and oxygen atoms in total. The van der Waals surface area contributed by atoms with Crippen molar-refractivity contribution in [1.82, 2.24) is 9.80 Å². The summed E-state index contributed by atoms with van der Waals surface area (Å²) in [7, 11) is 0. The van der Waals surface area contributed by atoms with Crippen molar-refractivity contribution in [3.8, 4) is 0 Å². The summed E-state index contributed by atoms with van der Waals surface area (Å²) in [5, 5.41) is 0. The number of rotatable bonds is 4. The predicted molar refractivity (Wildman–Crippen MR) is 91.2 cm³/mol. The van der Waals surface area contributed by atoms with Crippen molar-refractivity contribution in [3.05, 3.63) is 0 Å². The average molecular weight is 323 g/mol. The minimum absolute atomic E-state index is 0.0848. The second-order valence-electron chi connectivity index (χ2n) is 7.57. The molecular formula is C18H33N3O2. The Balaban J connectivity index is 1.48. The molecular weight excluding hydrogens is 290 g/mol. The fourth-order valence-electron chi connectivity index (χ4n) is 4.36. The first-order valence-corrected chi connectivity index (χ1v) is 9.63. The Morgan fingerprint density at radius 3 is 2.48 bits per heavy atom. The fourth-order valence-corrected chi connectivity index (χ4v) is 4.36. The summed E-state index contributed by atoms with van der Waals surface area (Å²) in [5.74, 6) is 0.846. The van der Waals surface area contributed by atoms with E-state index in [1.165, 1.54) is 51.7 Å². The summed E-state index contributed by atoms with van der Waals surface area (Å²) in [6.45, 7) is 6.01. The van der Waals surface area contributed by atoms with E-state index >= 15 is 0 Å². The molecule has 23 heavy (non-hydrogen) atoms. The first-order chi connectivity index (χ1) is 11.3. The third-order valence-electron chi connectivity index (χ3n) is 5.69. The van der Waals surface area contributed by atoms with Crippen LogP contribution in [-0.4, -0.2) is 67.2 Å². The van der Waals surface area contributed by atoms with Crippen LogP contribution in [0.2, 0.25) is 0 Å². The zero-order valence-corrected chi connectivity index (χ0v) is 14.4. The van der Waals surface area contributed by atoms with Gasteiger partial charge >= 0.3 is 0 Å². The highest BCUT2D eigenvalue weighted by molar-refractivity contribution is 5.81. The highest BCUT2D eigenvalue weighted by Gasteiger charge is 2.35. The molecule has 5 heteroatoms. The molecule has 0 bridgehead atoms. The molecule has 0 aromatic carbocycles. The third kappa shape index (κ3) is 4.68. The molecule has 0 radical (unpaired) electrons. The summed E-state index contributed by atoms with van der Waals surface area (Å²) < 4.78 is 5.80. The van der Waals surface area contributed by atoms with Gasteiger partial charge in [-0.3, -0.25) is 4.79 Å². The molecule has 3 aliphatic rings. The second kappa shape index (κ2) is 8.45. The van der Waals surface area contributed by atoms with E-state index in [-0.39, 0.29) is 18.1 Å². The van der Waals surface area contributed by atoms with Crippen LogP contribution in [0.1, 0.15) is 51.4 Å². The van der Waals surface area contributed by atoms with E-state index in [1.54, 1.807) is 0 Å². The Labute approximate surface area is 140 Å². The van der Waals surface area contributed by atoms with Gasteiger partial charge in [0.15, 0.2) is 0 Å². The number of piperidine rings is 1. The highest BCUT2D eigenvalue weighted by Crippen LogP contribution is 2.25. The van der Waals surface area contributed by atoms with Crippen LogP contribution >= 0.6 is 0 Å². The number of carbonyl (C=O) groups excluding carboxylic acids is 1. The molecule has 3 atom stereocenters. The lowest BCUT2D eigenvalue weighted by atomic mass is 9.96. The molecule has 3 fully saturated rings. The summed E-state index contributed by atoms with van der Waals surface area (Å²) in [5.41, 5.74) is 5.66. The van der Waals surface area contributed by atoms with Crippen molar-refractivity contribution >= 4 is 5.91 Å². The van der Waals surface area contributed by atoms with Crippen LogP contribution in [0.25, 0.3) is 0 Å². The minimum atomic E-state index is -0.236. The van der Waals surface area contributed by atoms with Gasteiger partial charge in [0.2, 0.25) is 0 Å². The van der Waals surface area contributed by atoms with Crippen molar-refractivity contribution in [2.75, 3.05) is 39.3 Å². The van der Waals surface area contributed by atoms with Crippen LogP contribution in [0.15, 0.2) is 0 Å². The molecule has 3 heterocycles. The van der Waals surface area contributed by atoms with E-state index in [9.17, 15) is 4.79 Å². The highest BCUT2D eigenvalue weighted by atomic mass is 16.5. The Bertz CT molecular complexity index is 382. The van der Waals surface area contributed by atoms with E-state index in [2.05, 4.69) is 9.80 Å². The Hall–Kier alpha value is -0.650. The van der Waals surface area contributed by atoms with Gasteiger partial charge in [0, 0.05) is 26.2 Å². The number of hydrogen-bond acceptors (Lipinski definition) is 4. The van der Waals surface area contributed by atoms with E-state index in [4.69, 9.17) is 10.5 Å². The third-order valence-corrected chi connectivity index (χ3v) is 5.69. The number of amides is 1. The maximum atomic E-state index is 12.7. The summed E-state index contributed by atoms with van der Waals surface area (Å²) in [6, 6.07) is 0. The number of carbonyl (C=O) groups is 1. The van der Waals surface area contributed by atoms with E-state index < -0.39 is 0 Å². The molecule has 3 saturated heterocycles. The number of nitrogens with two attached hydrogens (primary N) is 1. The standard InChI is InChI=1S/C18H33N3O2/c19-12-16-7-8-17(23-16)18(22)21-11-5-6-15(14-21)13-20-9-3-1-2-4-10-20/h15-17H,1-14,19H2/t15?,16-,17+/m1/s1. The van der Waals surface area contributed by atoms with Crippen molar-refractivity contribution < 1.29 is 9.53 Å². The van der Waals surface area contributed by atoms with E-state index in [0.717, 1.165) is 32.4 Å². The zero-order chi connectivity index (χ0) is 16.1. The number of ether oxygens (including phenoxy) is 1. The fraction of sp³-hybridized carbons (Fsp3) is 0.944. The molecule has 0 saturated carbocycles. The summed E-state index contributed by atoms with van der Waals surface area (Å²) in [4.78, 5) is 17.4. The monoisotopic (exact) mass is 323 g/mol. The lowest BCUT2D eigenvalue weighted by Crippen LogP contribution is -2.47. The normalized spacial score (nSPS) is 33.6. The lowest BCUT2D eigenvalue weighted by Gasteiger charge is -2.36. The Morgan fingerprint density at radius 1 is 1.00 bits per heavy atom. The van der Waals surface area contributed by atoms with Crippen LogP contribution in [0.4, 0.5) is 0 Å². The van der Waals surface area contributed by atoms with Gasteiger partial charge in [-0.05, 0) is 57.5 Å². The number of nitrogens with zero attached hydrogens (tertiary/aromatic N) is 2. The number of hydrogen-bond donors (Lipinski definition) is 1. The molecule has 1 amide bonds. The maximum absolute atomic E-state index is 12.7. The molecule has 0 aromatic rings. The molecule has 0 aromatic heterocycles. The van der Waals surface area contributed by atoms with Crippen LogP contribution < -0.4 is 5.73 Å². The van der Waals surface area contributed by atoms with Crippen LogP contribution in [0.5, 0.6) is 0 Å². The van der Waals surface area contributed by atoms with Crippen molar-refractivity contribution in [2.45, 2.75) is 63.6 Å². The van der Waals surface area contributed by atoms with Gasteiger partial charge in [-0.1, -0.05) is 12.8 Å². The van der Waals surface area contributed by atoms with Gasteiger partial charge in [0.05, 0.1) is 6.10 Å².